The van der Waals surface area contributed by atoms with E-state index in [4.69, 9.17) is 14.7 Å². The van der Waals surface area contributed by atoms with Gasteiger partial charge in [0.1, 0.15) is 17.2 Å². The molecule has 8 heteroatoms. The first-order valence-corrected chi connectivity index (χ1v) is 10.9. The number of amides is 1. The van der Waals surface area contributed by atoms with Gasteiger partial charge >= 0.3 is 6.09 Å². The van der Waals surface area contributed by atoms with Crippen molar-refractivity contribution in [3.8, 4) is 0 Å². The first-order chi connectivity index (χ1) is 14.2. The lowest BCUT2D eigenvalue weighted by molar-refractivity contribution is 0.0184. The Morgan fingerprint density at radius 2 is 1.90 bits per heavy atom. The van der Waals surface area contributed by atoms with E-state index in [-0.39, 0.29) is 6.09 Å². The van der Waals surface area contributed by atoms with Crippen molar-refractivity contribution in [2.45, 2.75) is 71.3 Å². The lowest BCUT2D eigenvalue weighted by atomic mass is 9.92. The molecular formula is C22H32N6O2. The second-order valence-electron chi connectivity index (χ2n) is 9.55. The van der Waals surface area contributed by atoms with Gasteiger partial charge in [0, 0.05) is 42.5 Å². The molecule has 0 bridgehead atoms. The predicted octanol–water partition coefficient (Wildman–Crippen LogP) is 4.32. The number of piperidine rings is 1. The predicted molar refractivity (Wildman–Crippen MR) is 115 cm³/mol. The van der Waals surface area contributed by atoms with E-state index in [9.17, 15) is 4.79 Å². The van der Waals surface area contributed by atoms with Gasteiger partial charge in [-0.1, -0.05) is 0 Å². The third kappa shape index (κ3) is 5.49. The van der Waals surface area contributed by atoms with Crippen LogP contribution in [0.5, 0.6) is 0 Å². The number of nitrogens with one attached hydrogen (secondary N) is 2. The Balaban J connectivity index is 1.39. The Bertz CT molecular complexity index is 891. The maximum atomic E-state index is 12.3. The SMILES string of the molecule is Cc1cc(Nc2cc(CC3CCN(C(=O)OC(C)(C)C)CC3)nc(C3CC3)n2)n[nH]1. The van der Waals surface area contributed by atoms with Gasteiger partial charge in [-0.2, -0.15) is 5.10 Å². The molecule has 1 saturated heterocycles. The highest BCUT2D eigenvalue weighted by atomic mass is 16.6. The Hall–Kier alpha value is -2.64. The van der Waals surface area contributed by atoms with E-state index in [0.717, 1.165) is 61.2 Å². The molecule has 2 N–H and O–H groups in total. The van der Waals surface area contributed by atoms with E-state index in [1.807, 2.05) is 44.7 Å². The van der Waals surface area contributed by atoms with Crippen molar-refractivity contribution in [2.24, 2.45) is 5.92 Å². The van der Waals surface area contributed by atoms with E-state index in [2.05, 4.69) is 15.5 Å². The molecule has 0 aromatic carbocycles. The molecule has 162 valence electrons. The molecule has 30 heavy (non-hydrogen) atoms. The number of aryl methyl sites for hydroxylation is 1. The van der Waals surface area contributed by atoms with Crippen LogP contribution in [0, 0.1) is 12.8 Å². The Labute approximate surface area is 177 Å². The Morgan fingerprint density at radius 3 is 2.50 bits per heavy atom. The number of aromatic amines is 1. The van der Waals surface area contributed by atoms with E-state index in [0.29, 0.717) is 11.8 Å². The number of aromatic nitrogens is 4. The van der Waals surface area contributed by atoms with Crippen LogP contribution in [0.15, 0.2) is 12.1 Å². The lowest BCUT2D eigenvalue weighted by Gasteiger charge is -2.33. The van der Waals surface area contributed by atoms with Gasteiger partial charge < -0.3 is 15.0 Å². The van der Waals surface area contributed by atoms with Gasteiger partial charge in [-0.3, -0.25) is 5.10 Å². The second kappa shape index (κ2) is 8.24. The molecule has 1 aliphatic heterocycles. The molecule has 2 fully saturated rings. The number of H-pyrrole nitrogens is 1. The van der Waals surface area contributed by atoms with Crippen LogP contribution in [0.1, 0.15) is 69.6 Å². The third-order valence-electron chi connectivity index (χ3n) is 5.47. The van der Waals surface area contributed by atoms with Crippen LogP contribution in [-0.2, 0) is 11.2 Å². The molecule has 2 aliphatic rings. The second-order valence-corrected chi connectivity index (χ2v) is 9.55. The summed E-state index contributed by atoms with van der Waals surface area (Å²) >= 11 is 0. The molecule has 0 atom stereocenters. The molecule has 1 amide bonds. The van der Waals surface area contributed by atoms with Gasteiger partial charge in [0.15, 0.2) is 5.82 Å². The first kappa shape index (κ1) is 20.6. The molecule has 4 rings (SSSR count). The van der Waals surface area contributed by atoms with E-state index < -0.39 is 5.60 Å². The fraction of sp³-hybridized carbons (Fsp3) is 0.636. The van der Waals surface area contributed by atoms with Crippen LogP contribution in [0.25, 0.3) is 0 Å². The van der Waals surface area contributed by atoms with E-state index in [1.165, 1.54) is 12.8 Å². The zero-order chi connectivity index (χ0) is 21.3. The van der Waals surface area contributed by atoms with Crippen LogP contribution in [0.4, 0.5) is 16.4 Å². The van der Waals surface area contributed by atoms with Gasteiger partial charge in [-0.25, -0.2) is 14.8 Å². The molecule has 3 heterocycles. The molecule has 1 saturated carbocycles. The number of carbonyl (C=O) groups excluding carboxylic acids is 1. The van der Waals surface area contributed by atoms with Gasteiger partial charge in [-0.15, -0.1) is 0 Å². The highest BCUT2D eigenvalue weighted by molar-refractivity contribution is 5.68. The van der Waals surface area contributed by atoms with Crippen LogP contribution in [0.2, 0.25) is 0 Å². The van der Waals surface area contributed by atoms with Crippen molar-refractivity contribution in [1.29, 1.82) is 0 Å². The number of hydrogen-bond acceptors (Lipinski definition) is 6. The van der Waals surface area contributed by atoms with Gasteiger partial charge in [0.25, 0.3) is 0 Å². The minimum atomic E-state index is -0.454. The number of carbonyl (C=O) groups is 1. The summed E-state index contributed by atoms with van der Waals surface area (Å²) in [5.41, 5.74) is 1.62. The number of nitrogens with zero attached hydrogens (tertiary/aromatic N) is 4. The Morgan fingerprint density at radius 1 is 1.17 bits per heavy atom. The number of ether oxygens (including phenoxy) is 1. The number of anilines is 2. The fourth-order valence-corrected chi connectivity index (χ4v) is 3.77. The normalized spacial score (nSPS) is 17.8. The Kier molecular flexibility index (Phi) is 5.66. The topological polar surface area (TPSA) is 96.0 Å². The summed E-state index contributed by atoms with van der Waals surface area (Å²) in [6.45, 7) is 9.15. The van der Waals surface area contributed by atoms with Crippen LogP contribution in [-0.4, -0.2) is 49.8 Å². The zero-order valence-corrected chi connectivity index (χ0v) is 18.4. The minimum absolute atomic E-state index is 0.209. The first-order valence-electron chi connectivity index (χ1n) is 10.9. The summed E-state index contributed by atoms with van der Waals surface area (Å²) in [6, 6.07) is 4.00. The number of rotatable bonds is 5. The van der Waals surface area contributed by atoms with Crippen LogP contribution < -0.4 is 5.32 Å². The van der Waals surface area contributed by atoms with Gasteiger partial charge in [0.2, 0.25) is 0 Å². The fourth-order valence-electron chi connectivity index (χ4n) is 3.77. The molecule has 1 aliphatic carbocycles. The highest BCUT2D eigenvalue weighted by Crippen LogP contribution is 2.39. The highest BCUT2D eigenvalue weighted by Gasteiger charge is 2.29. The van der Waals surface area contributed by atoms with Crippen molar-refractivity contribution >= 4 is 17.7 Å². The van der Waals surface area contributed by atoms with Crippen molar-refractivity contribution in [2.75, 3.05) is 18.4 Å². The smallest absolute Gasteiger partial charge is 0.410 e. The molecule has 2 aromatic rings. The molecule has 8 nitrogen and oxygen atoms in total. The quantitative estimate of drug-likeness (QED) is 0.759. The largest absolute Gasteiger partial charge is 0.444 e. The monoisotopic (exact) mass is 412 g/mol. The standard InChI is InChI=1S/C22H32N6O2/c1-14-11-19(27-26-14)24-18-13-17(23-20(25-18)16-5-6-16)12-15-7-9-28(10-8-15)21(29)30-22(2,3)4/h11,13,15-16H,5-10,12H2,1-4H3,(H2,23,24,25,26,27). The number of likely N-dealkylation sites (tertiary alicyclic amines) is 1. The maximum Gasteiger partial charge on any atom is 0.410 e. The van der Waals surface area contributed by atoms with Crippen molar-refractivity contribution in [1.82, 2.24) is 25.1 Å². The van der Waals surface area contributed by atoms with Crippen LogP contribution >= 0.6 is 0 Å². The summed E-state index contributed by atoms with van der Waals surface area (Å²) in [5, 5.41) is 10.5. The van der Waals surface area contributed by atoms with E-state index >= 15 is 0 Å². The van der Waals surface area contributed by atoms with Gasteiger partial charge in [0.05, 0.1) is 0 Å². The van der Waals surface area contributed by atoms with Crippen molar-refractivity contribution < 1.29 is 9.53 Å². The molecular weight excluding hydrogens is 380 g/mol. The van der Waals surface area contributed by atoms with E-state index in [1.54, 1.807) is 0 Å². The summed E-state index contributed by atoms with van der Waals surface area (Å²) in [4.78, 5) is 23.7. The van der Waals surface area contributed by atoms with Crippen molar-refractivity contribution in [3.63, 3.8) is 0 Å². The van der Waals surface area contributed by atoms with Crippen LogP contribution in [0.3, 0.4) is 0 Å². The van der Waals surface area contributed by atoms with Crippen molar-refractivity contribution in [3.05, 3.63) is 29.3 Å². The lowest BCUT2D eigenvalue weighted by Crippen LogP contribution is -2.42. The summed E-state index contributed by atoms with van der Waals surface area (Å²) in [6.07, 6.45) is 4.95. The average molecular weight is 413 g/mol. The summed E-state index contributed by atoms with van der Waals surface area (Å²) < 4.78 is 5.50. The summed E-state index contributed by atoms with van der Waals surface area (Å²) in [7, 11) is 0. The maximum absolute atomic E-state index is 12.3. The van der Waals surface area contributed by atoms with Gasteiger partial charge in [-0.05, 0) is 65.7 Å². The minimum Gasteiger partial charge on any atom is -0.444 e. The molecule has 2 aromatic heterocycles. The summed E-state index contributed by atoms with van der Waals surface area (Å²) in [5.74, 6) is 3.50. The molecule has 0 spiro atoms. The molecule has 0 unspecified atom stereocenters. The zero-order valence-electron chi connectivity index (χ0n) is 18.4. The average Bonchev–Trinajstić information content (AvgIpc) is 3.44. The third-order valence-corrected chi connectivity index (χ3v) is 5.47. The molecule has 0 radical (unpaired) electrons. The number of hydrogen-bond donors (Lipinski definition) is 2.